The van der Waals surface area contributed by atoms with Gasteiger partial charge in [0.25, 0.3) is 0 Å². The number of rotatable bonds is 3. The van der Waals surface area contributed by atoms with Gasteiger partial charge in [0.15, 0.2) is 0 Å². The van der Waals surface area contributed by atoms with E-state index in [9.17, 15) is 4.55 Å². The molecule has 0 aliphatic rings. The van der Waals surface area contributed by atoms with Crippen LogP contribution in [0.3, 0.4) is 0 Å². The van der Waals surface area contributed by atoms with Crippen LogP contribution in [0.1, 0.15) is 13.3 Å². The van der Waals surface area contributed by atoms with Crippen molar-refractivity contribution in [1.29, 1.82) is 0 Å². The predicted molar refractivity (Wildman–Crippen MR) is 45.9 cm³/mol. The van der Waals surface area contributed by atoms with Crippen molar-refractivity contribution in [3.05, 3.63) is 17.5 Å². The molecule has 0 aromatic carbocycles. The fourth-order valence-corrected chi connectivity index (χ4v) is 2.78. The highest BCUT2D eigenvalue weighted by molar-refractivity contribution is 7.93. The Balaban J connectivity index is 2.50. The average molecular weight is 174 g/mol. The highest BCUT2D eigenvalue weighted by Gasteiger charge is 2.08. The Labute approximate surface area is 68.3 Å². The molecule has 1 aromatic heterocycles. The van der Waals surface area contributed by atoms with Gasteiger partial charge < -0.3 is 4.55 Å². The first-order chi connectivity index (χ1) is 4.84. The molecular weight excluding hydrogens is 164 g/mol. The van der Waals surface area contributed by atoms with Crippen molar-refractivity contribution in [2.75, 3.05) is 5.75 Å². The third-order valence-corrected chi connectivity index (χ3v) is 3.98. The van der Waals surface area contributed by atoms with Gasteiger partial charge in [0, 0.05) is 6.07 Å². The molecule has 0 bridgehead atoms. The summed E-state index contributed by atoms with van der Waals surface area (Å²) in [5.74, 6) is 0.792. The molecule has 0 amide bonds. The molecular formula is C7H10OS2. The van der Waals surface area contributed by atoms with Crippen LogP contribution in [-0.4, -0.2) is 10.3 Å². The summed E-state index contributed by atoms with van der Waals surface area (Å²) in [5.41, 5.74) is 0. The molecule has 1 heterocycles. The standard InChI is InChI=1S/C7H10OS2/c1-2-6-10(8)7-4-3-5-9-7/h3-5H,2,6H2,1H3. The molecule has 3 heteroatoms. The van der Waals surface area contributed by atoms with E-state index in [0.29, 0.717) is 0 Å². The van der Waals surface area contributed by atoms with Gasteiger partial charge in [-0.25, -0.2) is 0 Å². The van der Waals surface area contributed by atoms with E-state index in [1.54, 1.807) is 11.3 Å². The van der Waals surface area contributed by atoms with Crippen LogP contribution in [0.15, 0.2) is 21.7 Å². The second-order valence-corrected chi connectivity index (χ2v) is 4.73. The zero-order valence-electron chi connectivity index (χ0n) is 5.87. The largest absolute Gasteiger partial charge is 0.611 e. The van der Waals surface area contributed by atoms with E-state index >= 15 is 0 Å². The van der Waals surface area contributed by atoms with Gasteiger partial charge in [-0.15, -0.1) is 0 Å². The first-order valence-electron chi connectivity index (χ1n) is 3.26. The van der Waals surface area contributed by atoms with Gasteiger partial charge in [0.05, 0.1) is 0 Å². The monoisotopic (exact) mass is 174 g/mol. The Kier molecular flexibility index (Phi) is 3.25. The average Bonchev–Trinajstić information content (AvgIpc) is 2.38. The molecule has 0 aliphatic heterocycles. The van der Waals surface area contributed by atoms with Crippen molar-refractivity contribution < 1.29 is 4.55 Å². The first-order valence-corrected chi connectivity index (χ1v) is 5.46. The maximum absolute atomic E-state index is 11.2. The molecule has 1 rings (SSSR count). The summed E-state index contributed by atoms with van der Waals surface area (Å²) < 4.78 is 12.2. The van der Waals surface area contributed by atoms with Crippen molar-refractivity contribution in [2.45, 2.75) is 17.6 Å². The van der Waals surface area contributed by atoms with Gasteiger partial charge in [-0.2, -0.15) is 0 Å². The van der Waals surface area contributed by atoms with Crippen LogP contribution in [0.4, 0.5) is 0 Å². The summed E-state index contributed by atoms with van der Waals surface area (Å²) in [7, 11) is 0. The van der Waals surface area contributed by atoms with Crippen LogP contribution in [0.5, 0.6) is 0 Å². The zero-order valence-corrected chi connectivity index (χ0v) is 7.50. The highest BCUT2D eigenvalue weighted by atomic mass is 32.2. The molecule has 0 radical (unpaired) electrons. The number of thiophene rings is 1. The van der Waals surface area contributed by atoms with Crippen molar-refractivity contribution in [3.63, 3.8) is 0 Å². The van der Waals surface area contributed by atoms with Crippen LogP contribution in [0.25, 0.3) is 0 Å². The summed E-state index contributed by atoms with van der Waals surface area (Å²) in [5, 5.41) is 1.96. The maximum atomic E-state index is 11.2. The third-order valence-electron chi connectivity index (χ3n) is 1.11. The molecule has 1 atom stereocenters. The van der Waals surface area contributed by atoms with Gasteiger partial charge in [0.2, 0.25) is 4.21 Å². The van der Waals surface area contributed by atoms with E-state index in [-0.39, 0.29) is 0 Å². The lowest BCUT2D eigenvalue weighted by Gasteiger charge is -2.04. The summed E-state index contributed by atoms with van der Waals surface area (Å²) in [6.45, 7) is 2.05. The molecule has 1 nitrogen and oxygen atoms in total. The van der Waals surface area contributed by atoms with Gasteiger partial charge in [0.1, 0.15) is 5.75 Å². The van der Waals surface area contributed by atoms with Crippen LogP contribution >= 0.6 is 11.3 Å². The molecule has 0 N–H and O–H groups in total. The van der Waals surface area contributed by atoms with E-state index in [1.165, 1.54) is 0 Å². The van der Waals surface area contributed by atoms with Crippen molar-refractivity contribution >= 4 is 22.5 Å². The molecule has 0 saturated heterocycles. The zero-order chi connectivity index (χ0) is 7.40. The molecule has 0 saturated carbocycles. The van der Waals surface area contributed by atoms with Crippen LogP contribution < -0.4 is 0 Å². The Bertz CT molecular complexity index is 172. The minimum Gasteiger partial charge on any atom is -0.611 e. The van der Waals surface area contributed by atoms with E-state index in [2.05, 4.69) is 0 Å². The summed E-state index contributed by atoms with van der Waals surface area (Å²) in [6, 6.07) is 3.87. The van der Waals surface area contributed by atoms with Gasteiger partial charge in [-0.3, -0.25) is 0 Å². The fourth-order valence-electron chi connectivity index (χ4n) is 0.679. The third kappa shape index (κ3) is 2.01. The summed E-state index contributed by atoms with van der Waals surface area (Å²) in [6.07, 6.45) is 0.991. The Morgan fingerprint density at radius 2 is 2.50 bits per heavy atom. The van der Waals surface area contributed by atoms with Gasteiger partial charge >= 0.3 is 0 Å². The minimum absolute atomic E-state index is 0.734. The van der Waals surface area contributed by atoms with Crippen LogP contribution in [-0.2, 0) is 11.2 Å². The Morgan fingerprint density at radius 1 is 1.70 bits per heavy atom. The molecule has 1 aromatic rings. The predicted octanol–water partition coefficient (Wildman–Crippen LogP) is 2.27. The number of hydrogen-bond donors (Lipinski definition) is 0. The molecule has 1 unspecified atom stereocenters. The van der Waals surface area contributed by atoms with Crippen molar-refractivity contribution in [2.24, 2.45) is 0 Å². The quantitative estimate of drug-likeness (QED) is 0.645. The SMILES string of the molecule is CCC[S+]([O-])c1cccs1. The second kappa shape index (κ2) is 4.01. The first kappa shape index (κ1) is 8.11. The smallest absolute Gasteiger partial charge is 0.206 e. The highest BCUT2D eigenvalue weighted by Crippen LogP contribution is 2.17. The normalized spacial score (nSPS) is 13.4. The molecule has 0 fully saturated rings. The molecule has 10 heavy (non-hydrogen) atoms. The van der Waals surface area contributed by atoms with Crippen molar-refractivity contribution in [1.82, 2.24) is 0 Å². The van der Waals surface area contributed by atoms with E-state index < -0.39 is 11.2 Å². The Hall–Kier alpha value is 0.01000. The lowest BCUT2D eigenvalue weighted by molar-refractivity contribution is 0.595. The molecule has 0 aliphatic carbocycles. The fraction of sp³-hybridized carbons (Fsp3) is 0.429. The summed E-state index contributed by atoms with van der Waals surface area (Å²) >= 11 is 0.837. The van der Waals surface area contributed by atoms with E-state index in [0.717, 1.165) is 16.4 Å². The number of hydrogen-bond acceptors (Lipinski definition) is 2. The molecule has 56 valence electrons. The topological polar surface area (TPSA) is 23.1 Å². The van der Waals surface area contributed by atoms with Crippen LogP contribution in [0.2, 0.25) is 0 Å². The van der Waals surface area contributed by atoms with Gasteiger partial charge in [-0.1, -0.05) is 18.3 Å². The second-order valence-electron chi connectivity index (χ2n) is 1.98. The van der Waals surface area contributed by atoms with E-state index in [4.69, 9.17) is 0 Å². The van der Waals surface area contributed by atoms with Crippen LogP contribution in [0, 0.1) is 0 Å². The minimum atomic E-state index is -0.734. The van der Waals surface area contributed by atoms with Crippen molar-refractivity contribution in [3.8, 4) is 0 Å². The summed E-state index contributed by atoms with van der Waals surface area (Å²) in [4.78, 5) is 0. The van der Waals surface area contributed by atoms with Gasteiger partial charge in [-0.05, 0) is 29.0 Å². The lowest BCUT2D eigenvalue weighted by atomic mass is 10.6. The maximum Gasteiger partial charge on any atom is 0.206 e. The molecule has 0 spiro atoms. The van der Waals surface area contributed by atoms with E-state index in [1.807, 2.05) is 24.4 Å². The lowest BCUT2D eigenvalue weighted by Crippen LogP contribution is -2.03. The Morgan fingerprint density at radius 3 is 3.00 bits per heavy atom.